The molecule has 2 aromatic rings. The van der Waals surface area contributed by atoms with Crippen molar-refractivity contribution >= 4 is 11.1 Å². The van der Waals surface area contributed by atoms with Gasteiger partial charge in [0.1, 0.15) is 5.52 Å². The Kier molecular flexibility index (Phi) is 2.22. The molecule has 1 aromatic heterocycles. The fourth-order valence-corrected chi connectivity index (χ4v) is 3.21. The van der Waals surface area contributed by atoms with E-state index in [0.717, 1.165) is 30.9 Å². The fourth-order valence-electron chi connectivity index (χ4n) is 3.21. The van der Waals surface area contributed by atoms with Crippen LogP contribution in [-0.4, -0.2) is 30.8 Å². The van der Waals surface area contributed by atoms with Gasteiger partial charge in [-0.15, -0.1) is 0 Å². The summed E-state index contributed by atoms with van der Waals surface area (Å²) in [5, 5.41) is 3.61. The Morgan fingerprint density at radius 1 is 1.33 bits per heavy atom. The minimum atomic E-state index is 0.136. The van der Waals surface area contributed by atoms with E-state index < -0.39 is 0 Å². The minimum Gasteiger partial charge on any atom is -0.443 e. The summed E-state index contributed by atoms with van der Waals surface area (Å²) >= 11 is 0. The first-order chi connectivity index (χ1) is 8.88. The normalized spacial score (nSPS) is 26.3. The van der Waals surface area contributed by atoms with Gasteiger partial charge in [0, 0.05) is 6.04 Å². The lowest BCUT2D eigenvalue weighted by atomic mass is 9.72. The molecule has 4 rings (SSSR count). The predicted molar refractivity (Wildman–Crippen MR) is 67.5 cm³/mol. The van der Waals surface area contributed by atoms with Crippen LogP contribution in [0.3, 0.4) is 0 Å². The smallest absolute Gasteiger partial charge is 0.181 e. The van der Waals surface area contributed by atoms with Crippen molar-refractivity contribution in [1.29, 1.82) is 0 Å². The van der Waals surface area contributed by atoms with Crippen molar-refractivity contribution in [2.24, 2.45) is 0 Å². The van der Waals surface area contributed by atoms with Crippen LogP contribution in [0.25, 0.3) is 11.1 Å². The minimum absolute atomic E-state index is 0.136. The summed E-state index contributed by atoms with van der Waals surface area (Å²) in [5.41, 5.74) is 3.25. The zero-order valence-electron chi connectivity index (χ0n) is 10.2. The van der Waals surface area contributed by atoms with Gasteiger partial charge < -0.3 is 14.5 Å². The van der Waals surface area contributed by atoms with Crippen molar-refractivity contribution in [3.05, 3.63) is 30.2 Å². The Balaban J connectivity index is 1.78. The lowest BCUT2D eigenvalue weighted by molar-refractivity contribution is -0.0760. The second kappa shape index (κ2) is 3.80. The first-order valence-electron chi connectivity index (χ1n) is 6.53. The number of aromatic nitrogens is 1. The third-order valence-corrected chi connectivity index (χ3v) is 4.35. The van der Waals surface area contributed by atoms with Gasteiger partial charge in [-0.25, -0.2) is 4.98 Å². The first kappa shape index (κ1) is 10.5. The van der Waals surface area contributed by atoms with E-state index in [1.807, 2.05) is 6.07 Å². The van der Waals surface area contributed by atoms with Crippen LogP contribution in [0.1, 0.15) is 18.4 Å². The SMILES string of the molecule is c1nc2ccc(C3(C4CCCN4)COC3)cc2o1. The first-order valence-corrected chi connectivity index (χ1v) is 6.53. The topological polar surface area (TPSA) is 47.3 Å². The molecule has 0 amide bonds. The van der Waals surface area contributed by atoms with Crippen LogP contribution >= 0.6 is 0 Å². The fraction of sp³-hybridized carbons (Fsp3) is 0.500. The van der Waals surface area contributed by atoms with Crippen LogP contribution in [0, 0.1) is 0 Å². The van der Waals surface area contributed by atoms with E-state index in [4.69, 9.17) is 9.15 Å². The maximum absolute atomic E-state index is 5.51. The van der Waals surface area contributed by atoms with E-state index in [9.17, 15) is 0 Å². The number of ether oxygens (including phenoxy) is 1. The van der Waals surface area contributed by atoms with E-state index in [0.29, 0.717) is 6.04 Å². The molecule has 0 aliphatic carbocycles. The number of hydrogen-bond acceptors (Lipinski definition) is 4. The van der Waals surface area contributed by atoms with Gasteiger partial charge in [0.25, 0.3) is 0 Å². The lowest BCUT2D eigenvalue weighted by Gasteiger charge is -2.46. The molecule has 3 heterocycles. The van der Waals surface area contributed by atoms with Crippen molar-refractivity contribution in [1.82, 2.24) is 10.3 Å². The highest BCUT2D eigenvalue weighted by molar-refractivity contribution is 5.73. The molecule has 18 heavy (non-hydrogen) atoms. The largest absolute Gasteiger partial charge is 0.443 e. The molecular weight excluding hydrogens is 228 g/mol. The van der Waals surface area contributed by atoms with Crippen LogP contribution in [0.4, 0.5) is 0 Å². The molecule has 4 heteroatoms. The molecular formula is C14H16N2O2. The molecule has 0 radical (unpaired) electrons. The van der Waals surface area contributed by atoms with Crippen LogP contribution in [0.2, 0.25) is 0 Å². The predicted octanol–water partition coefficient (Wildman–Crippen LogP) is 1.85. The second-order valence-corrected chi connectivity index (χ2v) is 5.33. The van der Waals surface area contributed by atoms with Gasteiger partial charge in [-0.2, -0.15) is 0 Å². The Hall–Kier alpha value is -1.39. The molecule has 0 bridgehead atoms. The number of hydrogen-bond donors (Lipinski definition) is 1. The van der Waals surface area contributed by atoms with Gasteiger partial charge in [0.15, 0.2) is 12.0 Å². The van der Waals surface area contributed by atoms with Gasteiger partial charge in [-0.05, 0) is 37.1 Å². The molecule has 1 aromatic carbocycles. The van der Waals surface area contributed by atoms with Gasteiger partial charge in [0.05, 0.1) is 18.6 Å². The van der Waals surface area contributed by atoms with Crippen molar-refractivity contribution < 1.29 is 9.15 Å². The number of rotatable bonds is 2. The van der Waals surface area contributed by atoms with Crippen molar-refractivity contribution in [3.8, 4) is 0 Å². The summed E-state index contributed by atoms with van der Waals surface area (Å²) in [6.45, 7) is 2.74. The Bertz CT molecular complexity index is 568. The molecule has 2 fully saturated rings. The molecule has 0 spiro atoms. The highest BCUT2D eigenvalue weighted by Gasteiger charge is 2.48. The van der Waals surface area contributed by atoms with E-state index in [-0.39, 0.29) is 5.41 Å². The van der Waals surface area contributed by atoms with Crippen LogP contribution in [0.15, 0.2) is 29.0 Å². The number of benzene rings is 1. The highest BCUT2D eigenvalue weighted by atomic mass is 16.5. The molecule has 1 N–H and O–H groups in total. The summed E-state index contributed by atoms with van der Waals surface area (Å²) in [6, 6.07) is 6.88. The summed E-state index contributed by atoms with van der Waals surface area (Å²) in [5.74, 6) is 0. The number of oxazole rings is 1. The monoisotopic (exact) mass is 244 g/mol. The highest BCUT2D eigenvalue weighted by Crippen LogP contribution is 2.39. The van der Waals surface area contributed by atoms with Crippen molar-refractivity contribution in [2.45, 2.75) is 24.3 Å². The third kappa shape index (κ3) is 1.36. The van der Waals surface area contributed by atoms with Gasteiger partial charge in [-0.1, -0.05) is 6.07 Å². The van der Waals surface area contributed by atoms with E-state index in [2.05, 4.69) is 22.4 Å². The third-order valence-electron chi connectivity index (χ3n) is 4.35. The van der Waals surface area contributed by atoms with E-state index in [1.165, 1.54) is 24.8 Å². The number of nitrogens with one attached hydrogen (secondary N) is 1. The number of fused-ring (bicyclic) bond motifs is 1. The standard InChI is InChI=1S/C14H16N2O2/c1-2-13(15-5-1)14(7-17-8-14)10-3-4-11-12(6-10)18-9-16-11/h3-4,6,9,13,15H,1-2,5,7-8H2. The molecule has 2 saturated heterocycles. The quantitative estimate of drug-likeness (QED) is 0.875. The van der Waals surface area contributed by atoms with Gasteiger partial charge >= 0.3 is 0 Å². The van der Waals surface area contributed by atoms with Gasteiger partial charge in [0.2, 0.25) is 0 Å². The average molecular weight is 244 g/mol. The molecule has 4 nitrogen and oxygen atoms in total. The maximum atomic E-state index is 5.51. The lowest BCUT2D eigenvalue weighted by Crippen LogP contribution is -2.58. The maximum Gasteiger partial charge on any atom is 0.181 e. The van der Waals surface area contributed by atoms with E-state index >= 15 is 0 Å². The van der Waals surface area contributed by atoms with Crippen LogP contribution < -0.4 is 5.32 Å². The van der Waals surface area contributed by atoms with Crippen molar-refractivity contribution in [2.75, 3.05) is 19.8 Å². The molecule has 94 valence electrons. The zero-order chi connectivity index (χ0) is 12.0. The zero-order valence-corrected chi connectivity index (χ0v) is 10.2. The molecule has 1 atom stereocenters. The van der Waals surface area contributed by atoms with Crippen LogP contribution in [-0.2, 0) is 10.2 Å². The summed E-state index contributed by atoms with van der Waals surface area (Å²) in [7, 11) is 0. The average Bonchev–Trinajstić information content (AvgIpc) is 2.96. The molecule has 1 unspecified atom stereocenters. The second-order valence-electron chi connectivity index (χ2n) is 5.33. The summed E-state index contributed by atoms with van der Waals surface area (Å²) in [4.78, 5) is 4.17. The molecule has 2 aliphatic heterocycles. The van der Waals surface area contributed by atoms with Crippen LogP contribution in [0.5, 0.6) is 0 Å². The summed E-state index contributed by atoms with van der Waals surface area (Å²) in [6.07, 6.45) is 4.00. The molecule has 2 aliphatic rings. The van der Waals surface area contributed by atoms with Gasteiger partial charge in [-0.3, -0.25) is 0 Å². The summed E-state index contributed by atoms with van der Waals surface area (Å²) < 4.78 is 10.9. The van der Waals surface area contributed by atoms with E-state index in [1.54, 1.807) is 0 Å². The Labute approximate surface area is 105 Å². The molecule has 0 saturated carbocycles. The van der Waals surface area contributed by atoms with Crippen molar-refractivity contribution in [3.63, 3.8) is 0 Å². The Morgan fingerprint density at radius 2 is 2.28 bits per heavy atom. The Morgan fingerprint density at radius 3 is 3.00 bits per heavy atom. The number of nitrogens with zero attached hydrogens (tertiary/aromatic N) is 1.